The lowest BCUT2D eigenvalue weighted by Crippen LogP contribution is -2.31. The summed E-state index contributed by atoms with van der Waals surface area (Å²) in [5.74, 6) is 3.39. The second kappa shape index (κ2) is 10.4. The van der Waals surface area contributed by atoms with Gasteiger partial charge in [0.15, 0.2) is 0 Å². The smallest absolute Gasteiger partial charge is 0.133 e. The molecule has 1 rings (SSSR count). The normalized spacial score (nSPS) is 26.0. The minimum absolute atomic E-state index is 0.0289. The first-order valence-corrected chi connectivity index (χ1v) is 8.83. The van der Waals surface area contributed by atoms with E-state index >= 15 is 0 Å². The SMILES string of the molecule is CC(C)CC(=O)CC(C)C.CC1CCC(C(C)C)C(O)C1. The van der Waals surface area contributed by atoms with Gasteiger partial charge in [-0.25, -0.2) is 0 Å². The van der Waals surface area contributed by atoms with Crippen LogP contribution in [0.1, 0.15) is 80.6 Å². The largest absolute Gasteiger partial charge is 0.393 e. The van der Waals surface area contributed by atoms with Crippen LogP contribution in [0.4, 0.5) is 0 Å². The fourth-order valence-electron chi connectivity index (χ4n) is 3.15. The Labute approximate surface area is 132 Å². The number of hydrogen-bond acceptors (Lipinski definition) is 2. The molecule has 0 saturated heterocycles. The summed E-state index contributed by atoms with van der Waals surface area (Å²) in [7, 11) is 0. The lowest BCUT2D eigenvalue weighted by atomic mass is 9.75. The number of aliphatic hydroxyl groups is 1. The van der Waals surface area contributed by atoms with Crippen LogP contribution < -0.4 is 0 Å². The molecule has 0 radical (unpaired) electrons. The molecule has 0 heterocycles. The van der Waals surface area contributed by atoms with E-state index in [1.54, 1.807) is 0 Å². The maximum atomic E-state index is 11.1. The van der Waals surface area contributed by atoms with Crippen LogP contribution >= 0.6 is 0 Å². The van der Waals surface area contributed by atoms with Gasteiger partial charge in [0.1, 0.15) is 5.78 Å². The molecule has 1 fully saturated rings. The van der Waals surface area contributed by atoms with Crippen LogP contribution in [-0.2, 0) is 4.79 Å². The van der Waals surface area contributed by atoms with Crippen molar-refractivity contribution in [1.82, 2.24) is 0 Å². The van der Waals surface area contributed by atoms with E-state index in [2.05, 4.69) is 48.5 Å². The number of Topliss-reactive ketones (excluding diaryl/α,β-unsaturated/α-hetero) is 1. The third-order valence-corrected chi connectivity index (χ3v) is 4.26. The van der Waals surface area contributed by atoms with Crippen LogP contribution in [0.2, 0.25) is 0 Å². The van der Waals surface area contributed by atoms with Gasteiger partial charge in [-0.1, -0.05) is 54.9 Å². The zero-order chi connectivity index (χ0) is 16.6. The van der Waals surface area contributed by atoms with Gasteiger partial charge >= 0.3 is 0 Å². The van der Waals surface area contributed by atoms with Crippen LogP contribution in [0, 0.1) is 29.6 Å². The standard InChI is InChI=1S/C10H20O.C9H18O/c1-7(2)9-5-4-8(3)6-10(9)11;1-7(2)5-9(10)6-8(3)4/h7-11H,4-6H2,1-3H3;7-8H,5-6H2,1-4H3. The van der Waals surface area contributed by atoms with Crippen LogP contribution in [0.5, 0.6) is 0 Å². The number of rotatable bonds is 5. The van der Waals surface area contributed by atoms with E-state index in [1.807, 2.05) is 0 Å². The molecular formula is C19H38O2. The lowest BCUT2D eigenvalue weighted by Gasteiger charge is -2.33. The van der Waals surface area contributed by atoms with E-state index in [-0.39, 0.29) is 6.10 Å². The topological polar surface area (TPSA) is 37.3 Å². The Bertz CT molecular complexity index is 269. The monoisotopic (exact) mass is 298 g/mol. The number of carbonyl (C=O) groups excluding carboxylic acids is 1. The summed E-state index contributed by atoms with van der Waals surface area (Å²) in [6.45, 7) is 15.0. The molecule has 3 atom stereocenters. The summed E-state index contributed by atoms with van der Waals surface area (Å²) in [5.41, 5.74) is 0. The van der Waals surface area contributed by atoms with Gasteiger partial charge in [0.2, 0.25) is 0 Å². The van der Waals surface area contributed by atoms with E-state index in [1.165, 1.54) is 12.8 Å². The molecule has 1 saturated carbocycles. The van der Waals surface area contributed by atoms with Gasteiger partial charge in [0, 0.05) is 12.8 Å². The maximum Gasteiger partial charge on any atom is 0.133 e. The summed E-state index contributed by atoms with van der Waals surface area (Å²) in [6, 6.07) is 0. The summed E-state index contributed by atoms with van der Waals surface area (Å²) in [4.78, 5) is 11.1. The fourth-order valence-corrected chi connectivity index (χ4v) is 3.15. The number of hydrogen-bond donors (Lipinski definition) is 1. The van der Waals surface area contributed by atoms with Crippen molar-refractivity contribution in [2.24, 2.45) is 29.6 Å². The van der Waals surface area contributed by atoms with Crippen molar-refractivity contribution >= 4 is 5.78 Å². The first kappa shape index (κ1) is 20.6. The predicted octanol–water partition coefficient (Wildman–Crippen LogP) is 5.09. The van der Waals surface area contributed by atoms with Crippen LogP contribution in [0.3, 0.4) is 0 Å². The van der Waals surface area contributed by atoms with E-state index in [0.29, 0.717) is 29.5 Å². The van der Waals surface area contributed by atoms with Crippen molar-refractivity contribution in [1.29, 1.82) is 0 Å². The summed E-state index contributed by atoms with van der Waals surface area (Å²) >= 11 is 0. The molecule has 1 aliphatic carbocycles. The first-order valence-electron chi connectivity index (χ1n) is 8.83. The van der Waals surface area contributed by atoms with Gasteiger partial charge in [-0.3, -0.25) is 4.79 Å². The zero-order valence-corrected chi connectivity index (χ0v) is 15.4. The van der Waals surface area contributed by atoms with Crippen molar-refractivity contribution in [2.75, 3.05) is 0 Å². The Morgan fingerprint density at radius 3 is 1.81 bits per heavy atom. The Kier molecular flexibility index (Phi) is 10.2. The Morgan fingerprint density at radius 1 is 1.00 bits per heavy atom. The zero-order valence-electron chi connectivity index (χ0n) is 15.4. The van der Waals surface area contributed by atoms with Gasteiger partial charge in [-0.2, -0.15) is 0 Å². The molecule has 3 unspecified atom stereocenters. The molecular weight excluding hydrogens is 260 g/mol. The number of ketones is 1. The minimum atomic E-state index is -0.0289. The van der Waals surface area contributed by atoms with Gasteiger partial charge in [0.05, 0.1) is 6.10 Å². The lowest BCUT2D eigenvalue weighted by molar-refractivity contribution is -0.120. The maximum absolute atomic E-state index is 11.1. The molecule has 0 amide bonds. The number of aliphatic hydroxyl groups excluding tert-OH is 1. The summed E-state index contributed by atoms with van der Waals surface area (Å²) in [6.07, 6.45) is 5.01. The molecule has 2 nitrogen and oxygen atoms in total. The molecule has 21 heavy (non-hydrogen) atoms. The third-order valence-electron chi connectivity index (χ3n) is 4.26. The minimum Gasteiger partial charge on any atom is -0.393 e. The van der Waals surface area contributed by atoms with Crippen molar-refractivity contribution in [3.8, 4) is 0 Å². The highest BCUT2D eigenvalue weighted by atomic mass is 16.3. The predicted molar refractivity (Wildman–Crippen MR) is 91.3 cm³/mol. The average Bonchev–Trinajstić information content (AvgIpc) is 2.26. The van der Waals surface area contributed by atoms with E-state index in [0.717, 1.165) is 25.2 Å². The van der Waals surface area contributed by atoms with Crippen molar-refractivity contribution in [3.05, 3.63) is 0 Å². The summed E-state index contributed by atoms with van der Waals surface area (Å²) in [5, 5.41) is 9.71. The highest BCUT2D eigenvalue weighted by molar-refractivity contribution is 5.78. The molecule has 1 aliphatic rings. The molecule has 126 valence electrons. The molecule has 1 N–H and O–H groups in total. The van der Waals surface area contributed by atoms with E-state index in [4.69, 9.17) is 0 Å². The van der Waals surface area contributed by atoms with Crippen molar-refractivity contribution in [2.45, 2.75) is 86.7 Å². The third kappa shape index (κ3) is 10.1. The Balaban J connectivity index is 0.000000384. The van der Waals surface area contributed by atoms with Crippen molar-refractivity contribution in [3.63, 3.8) is 0 Å². The molecule has 2 heteroatoms. The quantitative estimate of drug-likeness (QED) is 0.768. The number of carbonyl (C=O) groups is 1. The molecule has 0 spiro atoms. The highest BCUT2D eigenvalue weighted by Gasteiger charge is 2.28. The highest BCUT2D eigenvalue weighted by Crippen LogP contribution is 2.33. The Hall–Kier alpha value is -0.370. The van der Waals surface area contributed by atoms with E-state index in [9.17, 15) is 9.90 Å². The van der Waals surface area contributed by atoms with E-state index < -0.39 is 0 Å². The van der Waals surface area contributed by atoms with Gasteiger partial charge < -0.3 is 5.11 Å². The first-order chi connectivity index (χ1) is 9.63. The second-order valence-corrected chi connectivity index (χ2v) is 8.13. The van der Waals surface area contributed by atoms with Crippen LogP contribution in [0.25, 0.3) is 0 Å². The molecule has 0 aliphatic heterocycles. The van der Waals surface area contributed by atoms with Crippen LogP contribution in [-0.4, -0.2) is 17.0 Å². The van der Waals surface area contributed by atoms with Gasteiger partial charge in [-0.15, -0.1) is 0 Å². The fraction of sp³-hybridized carbons (Fsp3) is 0.947. The average molecular weight is 299 g/mol. The Morgan fingerprint density at radius 2 is 1.48 bits per heavy atom. The van der Waals surface area contributed by atoms with Gasteiger partial charge in [0.25, 0.3) is 0 Å². The van der Waals surface area contributed by atoms with Crippen molar-refractivity contribution < 1.29 is 9.90 Å². The molecule has 0 aromatic rings. The molecule has 0 bridgehead atoms. The molecule has 0 aromatic carbocycles. The van der Waals surface area contributed by atoms with Gasteiger partial charge in [-0.05, 0) is 42.4 Å². The summed E-state index contributed by atoms with van der Waals surface area (Å²) < 4.78 is 0. The molecule has 0 aromatic heterocycles. The van der Waals surface area contributed by atoms with Crippen LogP contribution in [0.15, 0.2) is 0 Å². The second-order valence-electron chi connectivity index (χ2n) is 8.13.